The maximum atomic E-state index is 13.3. The first-order valence-corrected chi connectivity index (χ1v) is 9.85. The topological polar surface area (TPSA) is 76.2 Å². The first-order chi connectivity index (χ1) is 12.4. The quantitative estimate of drug-likeness (QED) is 0.488. The lowest BCUT2D eigenvalue weighted by Crippen LogP contribution is -2.31. The zero-order chi connectivity index (χ0) is 20.4. The molecule has 0 radical (unpaired) electrons. The summed E-state index contributed by atoms with van der Waals surface area (Å²) in [6, 6.07) is 2.66. The molecule has 0 aliphatic carbocycles. The molecule has 0 N–H and O–H groups in total. The van der Waals surface area contributed by atoms with Gasteiger partial charge in [-0.2, -0.15) is 17.5 Å². The Morgan fingerprint density at radius 2 is 2.00 bits per heavy atom. The molecule has 0 bridgehead atoms. The lowest BCUT2D eigenvalue weighted by atomic mass is 9.96. The van der Waals surface area contributed by atoms with Gasteiger partial charge in [0.2, 0.25) is 10.0 Å². The van der Waals surface area contributed by atoms with Crippen molar-refractivity contribution in [2.45, 2.75) is 43.4 Å². The lowest BCUT2D eigenvalue weighted by molar-refractivity contribution is -0.143. The Bertz CT molecular complexity index is 790. The van der Waals surface area contributed by atoms with Gasteiger partial charge < -0.3 is 9.47 Å². The van der Waals surface area contributed by atoms with Gasteiger partial charge in [0.25, 0.3) is 0 Å². The van der Waals surface area contributed by atoms with E-state index >= 15 is 0 Å². The minimum Gasteiger partial charge on any atom is -0.466 e. The van der Waals surface area contributed by atoms with Crippen LogP contribution in [0.3, 0.4) is 0 Å². The molecule has 1 aromatic rings. The van der Waals surface area contributed by atoms with Gasteiger partial charge in [-0.25, -0.2) is 8.42 Å². The van der Waals surface area contributed by atoms with Crippen LogP contribution in [-0.4, -0.2) is 51.6 Å². The molecule has 10 heteroatoms. The minimum atomic E-state index is -4.72. The van der Waals surface area contributed by atoms with Crippen molar-refractivity contribution in [1.82, 2.24) is 4.31 Å². The summed E-state index contributed by atoms with van der Waals surface area (Å²) in [5.41, 5.74) is -0.974. The largest absolute Gasteiger partial charge is 0.466 e. The molecular weight excluding hydrogens is 387 g/mol. The molecule has 152 valence electrons. The number of halogens is 3. The molecule has 0 spiro atoms. The monoisotopic (exact) mass is 409 g/mol. The molecule has 0 aromatic heterocycles. The normalized spacial score (nSPS) is 18.4. The standard InChI is InChI=1S/C17H22F3NO5S/c1-4-25-16(22)5-11(2)12-6-13(17(18,19)20)8-15(7-12)27(23,24)21(3)9-14-10-26-14/h6-8,11,14H,4-5,9-10H2,1-3H3/t11-,14?/m0/s1. The molecule has 6 nitrogen and oxygen atoms in total. The molecular formula is C17H22F3NO5S. The Morgan fingerprint density at radius 1 is 1.37 bits per heavy atom. The zero-order valence-corrected chi connectivity index (χ0v) is 16.1. The fourth-order valence-electron chi connectivity index (χ4n) is 2.55. The lowest BCUT2D eigenvalue weighted by Gasteiger charge is -2.20. The van der Waals surface area contributed by atoms with Gasteiger partial charge >= 0.3 is 12.1 Å². The predicted molar refractivity (Wildman–Crippen MR) is 90.7 cm³/mol. The molecule has 2 atom stereocenters. The third-order valence-electron chi connectivity index (χ3n) is 4.17. The van der Waals surface area contributed by atoms with Crippen LogP contribution in [-0.2, 0) is 30.5 Å². The van der Waals surface area contributed by atoms with E-state index in [-0.39, 0.29) is 31.2 Å². The van der Waals surface area contributed by atoms with Crippen molar-refractivity contribution < 1.29 is 35.9 Å². The summed E-state index contributed by atoms with van der Waals surface area (Å²) in [7, 11) is -2.84. The van der Waals surface area contributed by atoms with Crippen LogP contribution in [0, 0.1) is 0 Å². The van der Waals surface area contributed by atoms with Crippen molar-refractivity contribution in [3.8, 4) is 0 Å². The highest BCUT2D eigenvalue weighted by atomic mass is 32.2. The van der Waals surface area contributed by atoms with Crippen molar-refractivity contribution in [2.75, 3.05) is 26.8 Å². The summed E-state index contributed by atoms with van der Waals surface area (Å²) < 4.78 is 76.0. The average Bonchev–Trinajstić information content (AvgIpc) is 3.37. The smallest absolute Gasteiger partial charge is 0.416 e. The van der Waals surface area contributed by atoms with E-state index in [4.69, 9.17) is 9.47 Å². The molecule has 1 aromatic carbocycles. The summed E-state index contributed by atoms with van der Waals surface area (Å²) in [6.07, 6.45) is -5.11. The number of likely N-dealkylation sites (N-methyl/N-ethyl adjacent to an activating group) is 1. The molecule has 1 saturated heterocycles. The van der Waals surface area contributed by atoms with E-state index in [1.807, 2.05) is 0 Å². The molecule has 0 amide bonds. The second-order valence-corrected chi connectivity index (χ2v) is 8.48. The van der Waals surface area contributed by atoms with Crippen LogP contribution < -0.4 is 0 Å². The van der Waals surface area contributed by atoms with E-state index in [0.29, 0.717) is 12.7 Å². The van der Waals surface area contributed by atoms with Crippen LogP contribution in [0.15, 0.2) is 23.1 Å². The van der Waals surface area contributed by atoms with E-state index in [0.717, 1.165) is 10.4 Å². The highest BCUT2D eigenvalue weighted by Gasteiger charge is 2.35. The number of carbonyl (C=O) groups excluding carboxylic acids is 1. The molecule has 1 aliphatic rings. The number of esters is 1. The second-order valence-electron chi connectivity index (χ2n) is 6.44. The molecule has 1 aliphatic heterocycles. The van der Waals surface area contributed by atoms with Gasteiger partial charge in [0.15, 0.2) is 0 Å². The third kappa shape index (κ3) is 5.66. The Hall–Kier alpha value is -1.65. The first kappa shape index (κ1) is 21.6. The predicted octanol–water partition coefficient (Wildman–Crippen LogP) is 2.78. The maximum Gasteiger partial charge on any atom is 0.416 e. The van der Waals surface area contributed by atoms with E-state index in [1.165, 1.54) is 13.1 Å². The third-order valence-corrected chi connectivity index (χ3v) is 5.98. The molecule has 27 heavy (non-hydrogen) atoms. The molecule has 1 heterocycles. The Kier molecular flexibility index (Phi) is 6.54. The summed E-state index contributed by atoms with van der Waals surface area (Å²) in [5, 5.41) is 0. The number of hydrogen-bond acceptors (Lipinski definition) is 5. The van der Waals surface area contributed by atoms with Crippen molar-refractivity contribution in [3.05, 3.63) is 29.3 Å². The zero-order valence-electron chi connectivity index (χ0n) is 15.2. The van der Waals surface area contributed by atoms with Crippen molar-refractivity contribution in [3.63, 3.8) is 0 Å². The molecule has 1 unspecified atom stereocenters. The number of benzene rings is 1. The molecule has 0 saturated carbocycles. The Balaban J connectivity index is 2.40. The van der Waals surface area contributed by atoms with Crippen molar-refractivity contribution >= 4 is 16.0 Å². The van der Waals surface area contributed by atoms with Crippen LogP contribution in [0.1, 0.15) is 37.3 Å². The van der Waals surface area contributed by atoms with Crippen molar-refractivity contribution in [1.29, 1.82) is 0 Å². The van der Waals surface area contributed by atoms with Gasteiger partial charge in [-0.15, -0.1) is 0 Å². The average molecular weight is 409 g/mol. The van der Waals surface area contributed by atoms with Gasteiger partial charge in [0.1, 0.15) is 0 Å². The van der Waals surface area contributed by atoms with Crippen LogP contribution in [0.25, 0.3) is 0 Å². The summed E-state index contributed by atoms with van der Waals surface area (Å²) in [4.78, 5) is 11.2. The van der Waals surface area contributed by atoms with Crippen LogP contribution in [0.2, 0.25) is 0 Å². The maximum absolute atomic E-state index is 13.3. The van der Waals surface area contributed by atoms with Gasteiger partial charge in [-0.3, -0.25) is 4.79 Å². The number of carbonyl (C=O) groups is 1. The SMILES string of the molecule is CCOC(=O)C[C@H](C)c1cc(C(F)(F)F)cc(S(=O)(=O)N(C)CC2CO2)c1. The molecule has 1 fully saturated rings. The van der Waals surface area contributed by atoms with E-state index < -0.39 is 38.5 Å². The minimum absolute atomic E-state index is 0.0618. The fourth-order valence-corrected chi connectivity index (χ4v) is 3.83. The summed E-state index contributed by atoms with van der Waals surface area (Å²) >= 11 is 0. The first-order valence-electron chi connectivity index (χ1n) is 8.41. The van der Waals surface area contributed by atoms with Gasteiger partial charge in [-0.1, -0.05) is 6.92 Å². The number of hydrogen-bond donors (Lipinski definition) is 0. The van der Waals surface area contributed by atoms with Crippen LogP contribution in [0.5, 0.6) is 0 Å². The van der Waals surface area contributed by atoms with E-state index in [2.05, 4.69) is 0 Å². The number of ether oxygens (including phenoxy) is 2. The van der Waals surface area contributed by atoms with Gasteiger partial charge in [0.05, 0.1) is 36.2 Å². The number of alkyl halides is 3. The van der Waals surface area contributed by atoms with Crippen LogP contribution in [0.4, 0.5) is 13.2 Å². The number of epoxide rings is 1. The highest BCUT2D eigenvalue weighted by molar-refractivity contribution is 7.89. The Labute approximate surface area is 156 Å². The Morgan fingerprint density at radius 3 is 2.52 bits per heavy atom. The summed E-state index contributed by atoms with van der Waals surface area (Å²) in [5.74, 6) is -1.20. The fraction of sp³-hybridized carbons (Fsp3) is 0.588. The number of sulfonamides is 1. The van der Waals surface area contributed by atoms with Crippen LogP contribution >= 0.6 is 0 Å². The summed E-state index contributed by atoms with van der Waals surface area (Å²) in [6.45, 7) is 3.81. The molecule has 2 rings (SSSR count). The number of rotatable bonds is 8. The highest BCUT2D eigenvalue weighted by Crippen LogP contribution is 2.35. The van der Waals surface area contributed by atoms with Gasteiger partial charge in [0, 0.05) is 13.6 Å². The number of nitrogens with zero attached hydrogens (tertiary/aromatic N) is 1. The van der Waals surface area contributed by atoms with E-state index in [1.54, 1.807) is 13.8 Å². The van der Waals surface area contributed by atoms with E-state index in [9.17, 15) is 26.4 Å². The van der Waals surface area contributed by atoms with Gasteiger partial charge in [-0.05, 0) is 36.6 Å². The van der Waals surface area contributed by atoms with Crippen molar-refractivity contribution in [2.24, 2.45) is 0 Å². The second kappa shape index (κ2) is 8.15.